The van der Waals surface area contributed by atoms with Crippen LogP contribution in [0.5, 0.6) is 5.75 Å². The highest BCUT2D eigenvalue weighted by Gasteiger charge is 2.21. The molecule has 1 N–H and O–H groups in total. The third-order valence-electron chi connectivity index (χ3n) is 3.16. The van der Waals surface area contributed by atoms with Crippen molar-refractivity contribution in [2.24, 2.45) is 5.92 Å². The Morgan fingerprint density at radius 1 is 1.53 bits per heavy atom. The lowest BCUT2D eigenvalue weighted by Gasteiger charge is -2.26. The molecule has 1 fully saturated rings. The minimum atomic E-state index is -0.946. The van der Waals surface area contributed by atoms with Gasteiger partial charge in [0.1, 0.15) is 11.3 Å². The number of aryl methyl sites for hydroxylation is 1. The largest absolute Gasteiger partial charge is 0.492 e. The number of hydrogen-bond acceptors (Lipinski definition) is 2. The van der Waals surface area contributed by atoms with Gasteiger partial charge < -0.3 is 9.84 Å². The summed E-state index contributed by atoms with van der Waals surface area (Å²) in [5.41, 5.74) is 1.09. The molecule has 3 nitrogen and oxygen atoms in total. The SMILES string of the molecule is Cc1cc(Br)cc(C(=O)O)c1OCC1CCC1. The summed E-state index contributed by atoms with van der Waals surface area (Å²) in [4.78, 5) is 11.2. The molecule has 1 aromatic carbocycles. The maximum atomic E-state index is 11.2. The molecule has 1 saturated carbocycles. The van der Waals surface area contributed by atoms with Gasteiger partial charge in [-0.1, -0.05) is 22.4 Å². The zero-order valence-corrected chi connectivity index (χ0v) is 11.3. The van der Waals surface area contributed by atoms with E-state index in [1.807, 2.05) is 13.0 Å². The molecule has 0 bridgehead atoms. The topological polar surface area (TPSA) is 46.5 Å². The van der Waals surface area contributed by atoms with Crippen LogP contribution in [-0.4, -0.2) is 17.7 Å². The monoisotopic (exact) mass is 298 g/mol. The van der Waals surface area contributed by atoms with Crippen molar-refractivity contribution < 1.29 is 14.6 Å². The summed E-state index contributed by atoms with van der Waals surface area (Å²) >= 11 is 3.30. The predicted molar refractivity (Wildman–Crippen MR) is 68.7 cm³/mol. The molecule has 92 valence electrons. The van der Waals surface area contributed by atoms with Gasteiger partial charge in [-0.25, -0.2) is 4.79 Å². The van der Waals surface area contributed by atoms with Gasteiger partial charge in [-0.05, 0) is 43.4 Å². The number of rotatable bonds is 4. The molecule has 1 aliphatic rings. The van der Waals surface area contributed by atoms with Crippen LogP contribution >= 0.6 is 15.9 Å². The summed E-state index contributed by atoms with van der Waals surface area (Å²) < 4.78 is 6.45. The third-order valence-corrected chi connectivity index (χ3v) is 3.62. The van der Waals surface area contributed by atoms with Crippen molar-refractivity contribution in [3.05, 3.63) is 27.7 Å². The Kier molecular flexibility index (Phi) is 3.72. The van der Waals surface area contributed by atoms with Crippen molar-refractivity contribution >= 4 is 21.9 Å². The Morgan fingerprint density at radius 3 is 2.76 bits per heavy atom. The van der Waals surface area contributed by atoms with Crippen molar-refractivity contribution in [3.63, 3.8) is 0 Å². The number of benzene rings is 1. The van der Waals surface area contributed by atoms with E-state index in [9.17, 15) is 4.79 Å². The van der Waals surface area contributed by atoms with Gasteiger partial charge in [0.25, 0.3) is 0 Å². The molecule has 0 aromatic heterocycles. The van der Waals surface area contributed by atoms with E-state index >= 15 is 0 Å². The summed E-state index contributed by atoms with van der Waals surface area (Å²) in [7, 11) is 0. The predicted octanol–water partition coefficient (Wildman–Crippen LogP) is 3.63. The number of halogens is 1. The number of carboxylic acid groups (broad SMARTS) is 1. The lowest BCUT2D eigenvalue weighted by Crippen LogP contribution is -2.20. The first-order chi connectivity index (χ1) is 8.08. The molecule has 0 radical (unpaired) electrons. The van der Waals surface area contributed by atoms with E-state index in [4.69, 9.17) is 9.84 Å². The summed E-state index contributed by atoms with van der Waals surface area (Å²) in [5, 5.41) is 9.15. The van der Waals surface area contributed by atoms with E-state index in [0.717, 1.165) is 10.0 Å². The van der Waals surface area contributed by atoms with E-state index < -0.39 is 5.97 Å². The van der Waals surface area contributed by atoms with Crippen molar-refractivity contribution in [3.8, 4) is 5.75 Å². The van der Waals surface area contributed by atoms with Crippen LogP contribution in [0.1, 0.15) is 35.2 Å². The van der Waals surface area contributed by atoms with Crippen LogP contribution < -0.4 is 4.74 Å². The fraction of sp³-hybridized carbons (Fsp3) is 0.462. The minimum Gasteiger partial charge on any atom is -0.492 e. The maximum Gasteiger partial charge on any atom is 0.339 e. The average Bonchev–Trinajstić information content (AvgIpc) is 2.17. The van der Waals surface area contributed by atoms with Gasteiger partial charge >= 0.3 is 5.97 Å². The molecule has 17 heavy (non-hydrogen) atoms. The second-order valence-corrected chi connectivity index (χ2v) is 5.43. The van der Waals surface area contributed by atoms with Crippen molar-refractivity contribution in [2.75, 3.05) is 6.61 Å². The smallest absolute Gasteiger partial charge is 0.339 e. The maximum absolute atomic E-state index is 11.2. The molecular formula is C13H15BrO3. The lowest BCUT2D eigenvalue weighted by molar-refractivity contribution is 0.0689. The molecule has 0 atom stereocenters. The van der Waals surface area contributed by atoms with E-state index in [1.165, 1.54) is 19.3 Å². The van der Waals surface area contributed by atoms with Crippen LogP contribution in [0.15, 0.2) is 16.6 Å². The number of hydrogen-bond donors (Lipinski definition) is 1. The van der Waals surface area contributed by atoms with Gasteiger partial charge in [0, 0.05) is 4.47 Å². The van der Waals surface area contributed by atoms with E-state index in [-0.39, 0.29) is 5.56 Å². The first-order valence-electron chi connectivity index (χ1n) is 5.74. The highest BCUT2D eigenvalue weighted by Crippen LogP contribution is 2.31. The summed E-state index contributed by atoms with van der Waals surface area (Å²) in [6.45, 7) is 2.50. The average molecular weight is 299 g/mol. The van der Waals surface area contributed by atoms with E-state index in [2.05, 4.69) is 15.9 Å². The second kappa shape index (κ2) is 5.08. The molecule has 0 heterocycles. The number of carbonyl (C=O) groups is 1. The van der Waals surface area contributed by atoms with Gasteiger partial charge in [-0.2, -0.15) is 0 Å². The van der Waals surface area contributed by atoms with E-state index in [0.29, 0.717) is 18.3 Å². The number of ether oxygens (including phenoxy) is 1. The normalized spacial score (nSPS) is 15.4. The van der Waals surface area contributed by atoms with Crippen LogP contribution in [-0.2, 0) is 0 Å². The summed E-state index contributed by atoms with van der Waals surface area (Å²) in [5.74, 6) is 0.158. The Labute approximate surface area is 109 Å². The molecular weight excluding hydrogens is 284 g/mol. The quantitative estimate of drug-likeness (QED) is 0.923. The van der Waals surface area contributed by atoms with Gasteiger partial charge in [0.15, 0.2) is 0 Å². The molecule has 0 unspecified atom stereocenters. The van der Waals surface area contributed by atoms with Crippen molar-refractivity contribution in [2.45, 2.75) is 26.2 Å². The van der Waals surface area contributed by atoms with Gasteiger partial charge in [0.05, 0.1) is 6.61 Å². The molecule has 1 aromatic rings. The zero-order chi connectivity index (χ0) is 12.4. The Morgan fingerprint density at radius 2 is 2.24 bits per heavy atom. The Hall–Kier alpha value is -1.03. The highest BCUT2D eigenvalue weighted by atomic mass is 79.9. The number of carboxylic acids is 1. The van der Waals surface area contributed by atoms with Crippen LogP contribution in [0.3, 0.4) is 0 Å². The zero-order valence-electron chi connectivity index (χ0n) is 9.70. The molecule has 2 rings (SSSR count). The molecule has 0 amide bonds. The van der Waals surface area contributed by atoms with Crippen LogP contribution in [0, 0.1) is 12.8 Å². The number of aromatic carboxylic acids is 1. The highest BCUT2D eigenvalue weighted by molar-refractivity contribution is 9.10. The fourth-order valence-corrected chi connectivity index (χ4v) is 2.51. The lowest BCUT2D eigenvalue weighted by atomic mass is 9.86. The van der Waals surface area contributed by atoms with Crippen molar-refractivity contribution in [1.82, 2.24) is 0 Å². The van der Waals surface area contributed by atoms with Gasteiger partial charge in [0.2, 0.25) is 0 Å². The molecule has 0 spiro atoms. The van der Waals surface area contributed by atoms with Crippen LogP contribution in [0.25, 0.3) is 0 Å². The van der Waals surface area contributed by atoms with Gasteiger partial charge in [-0.15, -0.1) is 0 Å². The second-order valence-electron chi connectivity index (χ2n) is 4.51. The first kappa shape index (κ1) is 12.4. The van der Waals surface area contributed by atoms with Crippen molar-refractivity contribution in [1.29, 1.82) is 0 Å². The standard InChI is InChI=1S/C13H15BrO3/c1-8-5-10(14)6-11(13(15)16)12(8)17-7-9-3-2-4-9/h5-6,9H,2-4,7H2,1H3,(H,15,16). The molecule has 1 aliphatic carbocycles. The Bertz CT molecular complexity index is 439. The summed E-state index contributed by atoms with van der Waals surface area (Å²) in [6, 6.07) is 3.47. The Balaban J connectivity index is 2.20. The molecule has 0 aliphatic heterocycles. The van der Waals surface area contributed by atoms with Crippen LogP contribution in [0.4, 0.5) is 0 Å². The van der Waals surface area contributed by atoms with Gasteiger partial charge in [-0.3, -0.25) is 0 Å². The minimum absolute atomic E-state index is 0.233. The summed E-state index contributed by atoms with van der Waals surface area (Å²) in [6.07, 6.45) is 3.65. The van der Waals surface area contributed by atoms with Crippen LogP contribution in [0.2, 0.25) is 0 Å². The third kappa shape index (κ3) is 2.80. The van der Waals surface area contributed by atoms with E-state index in [1.54, 1.807) is 6.07 Å². The molecule has 4 heteroatoms. The first-order valence-corrected chi connectivity index (χ1v) is 6.53. The fourth-order valence-electron chi connectivity index (χ4n) is 1.94. The molecule has 0 saturated heterocycles.